The summed E-state index contributed by atoms with van der Waals surface area (Å²) in [6.07, 6.45) is 1.74. The number of amides is 2. The minimum absolute atomic E-state index is 0.00289. The normalized spacial score (nSPS) is 15.3. The molecule has 0 fully saturated rings. The van der Waals surface area contributed by atoms with Crippen LogP contribution in [0.5, 0.6) is 0 Å². The summed E-state index contributed by atoms with van der Waals surface area (Å²) >= 11 is 12.2. The zero-order valence-electron chi connectivity index (χ0n) is 21.4. The van der Waals surface area contributed by atoms with Gasteiger partial charge in [-0.25, -0.2) is 0 Å². The molecular formula is C30H30Cl2N2O5. The first kappa shape index (κ1) is 28.6. The lowest BCUT2D eigenvalue weighted by atomic mass is 10.0. The van der Waals surface area contributed by atoms with Crippen molar-refractivity contribution in [1.82, 2.24) is 4.90 Å². The molecule has 0 aromatic heterocycles. The number of rotatable bonds is 11. The van der Waals surface area contributed by atoms with Crippen LogP contribution >= 0.6 is 23.2 Å². The number of aliphatic hydroxyl groups excluding tert-OH is 1. The fourth-order valence-corrected chi connectivity index (χ4v) is 5.07. The topological polar surface area (TPSA) is 98.2 Å². The van der Waals surface area contributed by atoms with Crippen LogP contribution in [0, 0.1) is 0 Å². The van der Waals surface area contributed by atoms with Gasteiger partial charge in [0.15, 0.2) is 0 Å². The Kier molecular flexibility index (Phi) is 9.62. The molecule has 204 valence electrons. The highest BCUT2D eigenvalue weighted by atomic mass is 35.5. The van der Waals surface area contributed by atoms with Crippen LogP contribution in [0.25, 0.3) is 0 Å². The quantitative estimate of drug-likeness (QED) is 0.295. The van der Waals surface area contributed by atoms with Crippen molar-refractivity contribution in [2.75, 3.05) is 24.6 Å². The number of anilines is 1. The standard InChI is InChI=1S/C30H30Cl2N2O5/c31-23-9-4-20(5-10-23)14-17-34-28(22-7-11-24(32)12-8-22)30(39)33(16-2-1-3-27(36)37)26-13-6-21(15-18-35)19-25(26)29(34)38/h4-13,19,28,35H,1-3,14-18H2,(H,36,37)/t28-/m0/s1. The van der Waals surface area contributed by atoms with Gasteiger partial charge in [-0.1, -0.05) is 53.5 Å². The molecule has 4 rings (SSSR count). The highest BCUT2D eigenvalue weighted by molar-refractivity contribution is 6.30. The number of nitrogens with zero attached hydrogens (tertiary/aromatic N) is 2. The summed E-state index contributed by atoms with van der Waals surface area (Å²) in [7, 11) is 0. The molecule has 0 aliphatic carbocycles. The molecule has 9 heteroatoms. The van der Waals surface area contributed by atoms with Crippen LogP contribution in [0.1, 0.15) is 52.4 Å². The molecule has 1 atom stereocenters. The Balaban J connectivity index is 1.77. The van der Waals surface area contributed by atoms with Crippen LogP contribution in [-0.4, -0.2) is 52.6 Å². The minimum Gasteiger partial charge on any atom is -0.481 e. The second-order valence-corrected chi connectivity index (χ2v) is 10.4. The van der Waals surface area contributed by atoms with Gasteiger partial charge in [0.2, 0.25) is 0 Å². The fraction of sp³-hybridized carbons (Fsp3) is 0.300. The molecule has 1 aliphatic rings. The summed E-state index contributed by atoms with van der Waals surface area (Å²) in [6.45, 7) is 0.468. The van der Waals surface area contributed by atoms with Gasteiger partial charge in [-0.05, 0) is 78.8 Å². The molecular weight excluding hydrogens is 539 g/mol. The van der Waals surface area contributed by atoms with Crippen LogP contribution in [0.4, 0.5) is 5.69 Å². The van der Waals surface area contributed by atoms with Crippen LogP contribution in [0.3, 0.4) is 0 Å². The minimum atomic E-state index is -0.907. The Labute approximate surface area is 237 Å². The van der Waals surface area contributed by atoms with E-state index >= 15 is 0 Å². The Morgan fingerprint density at radius 3 is 2.10 bits per heavy atom. The van der Waals surface area contributed by atoms with E-state index in [1.807, 2.05) is 12.1 Å². The van der Waals surface area contributed by atoms with E-state index in [4.69, 9.17) is 28.3 Å². The molecule has 0 radical (unpaired) electrons. The molecule has 2 amide bonds. The summed E-state index contributed by atoms with van der Waals surface area (Å²) in [5.74, 6) is -1.46. The van der Waals surface area contributed by atoms with Crippen molar-refractivity contribution >= 4 is 46.7 Å². The van der Waals surface area contributed by atoms with E-state index in [-0.39, 0.29) is 37.9 Å². The Morgan fingerprint density at radius 1 is 0.821 bits per heavy atom. The maximum atomic E-state index is 14.3. The van der Waals surface area contributed by atoms with E-state index in [0.29, 0.717) is 52.5 Å². The maximum Gasteiger partial charge on any atom is 0.303 e. The summed E-state index contributed by atoms with van der Waals surface area (Å²) in [4.78, 5) is 42.7. The molecule has 3 aromatic rings. The number of halogens is 2. The largest absolute Gasteiger partial charge is 0.481 e. The molecule has 0 spiro atoms. The zero-order chi connectivity index (χ0) is 27.9. The number of hydrogen-bond donors (Lipinski definition) is 2. The second-order valence-electron chi connectivity index (χ2n) is 9.49. The lowest BCUT2D eigenvalue weighted by Crippen LogP contribution is -2.43. The number of carboxylic acid groups (broad SMARTS) is 1. The maximum absolute atomic E-state index is 14.3. The molecule has 0 saturated heterocycles. The molecule has 39 heavy (non-hydrogen) atoms. The van der Waals surface area contributed by atoms with Gasteiger partial charge < -0.3 is 20.0 Å². The van der Waals surface area contributed by atoms with Gasteiger partial charge in [0.25, 0.3) is 11.8 Å². The highest BCUT2D eigenvalue weighted by Crippen LogP contribution is 2.36. The first-order chi connectivity index (χ1) is 18.8. The number of benzene rings is 3. The lowest BCUT2D eigenvalue weighted by molar-refractivity contribution is -0.137. The van der Waals surface area contributed by atoms with Crippen molar-refractivity contribution in [2.24, 2.45) is 0 Å². The van der Waals surface area contributed by atoms with Crippen LogP contribution in [-0.2, 0) is 22.4 Å². The third kappa shape index (κ3) is 6.98. The zero-order valence-corrected chi connectivity index (χ0v) is 22.9. The average Bonchev–Trinajstić information content (AvgIpc) is 3.00. The van der Waals surface area contributed by atoms with Gasteiger partial charge in [-0.3, -0.25) is 14.4 Å². The van der Waals surface area contributed by atoms with Gasteiger partial charge in [-0.2, -0.15) is 0 Å². The van der Waals surface area contributed by atoms with Crippen molar-refractivity contribution in [2.45, 2.75) is 38.1 Å². The molecule has 2 N–H and O–H groups in total. The molecule has 0 unspecified atom stereocenters. The van der Waals surface area contributed by atoms with Crippen molar-refractivity contribution in [3.05, 3.63) is 99.0 Å². The van der Waals surface area contributed by atoms with E-state index in [2.05, 4.69) is 0 Å². The Morgan fingerprint density at radius 2 is 1.46 bits per heavy atom. The first-order valence-electron chi connectivity index (χ1n) is 12.9. The van der Waals surface area contributed by atoms with Gasteiger partial charge in [-0.15, -0.1) is 0 Å². The van der Waals surface area contributed by atoms with Crippen molar-refractivity contribution in [1.29, 1.82) is 0 Å². The summed E-state index contributed by atoms with van der Waals surface area (Å²) in [5, 5.41) is 19.7. The van der Waals surface area contributed by atoms with Crippen molar-refractivity contribution in [3.8, 4) is 0 Å². The molecule has 1 heterocycles. The predicted octanol–water partition coefficient (Wildman–Crippen LogP) is 5.56. The SMILES string of the molecule is O=C(O)CCCCN1C(=O)[C@H](c2ccc(Cl)cc2)N(CCc2ccc(Cl)cc2)C(=O)c2cc(CCO)ccc21. The summed E-state index contributed by atoms with van der Waals surface area (Å²) < 4.78 is 0. The van der Waals surface area contributed by atoms with Gasteiger partial charge >= 0.3 is 5.97 Å². The second kappa shape index (κ2) is 13.1. The number of unbranched alkanes of at least 4 members (excludes halogenated alkanes) is 1. The third-order valence-corrected chi connectivity index (χ3v) is 7.32. The first-order valence-corrected chi connectivity index (χ1v) is 13.6. The molecule has 0 saturated carbocycles. The predicted molar refractivity (Wildman–Crippen MR) is 151 cm³/mol. The average molecular weight is 569 g/mol. The monoisotopic (exact) mass is 568 g/mol. The number of fused-ring (bicyclic) bond motifs is 1. The number of aliphatic carboxylic acids is 1. The van der Waals surface area contributed by atoms with E-state index in [1.165, 1.54) is 0 Å². The van der Waals surface area contributed by atoms with Crippen LogP contribution in [0.15, 0.2) is 66.7 Å². The number of carboxylic acids is 1. The molecule has 0 bridgehead atoms. The third-order valence-electron chi connectivity index (χ3n) is 6.82. The van der Waals surface area contributed by atoms with Crippen LogP contribution in [0.2, 0.25) is 10.0 Å². The number of aliphatic hydroxyl groups is 1. The Hall–Kier alpha value is -3.39. The van der Waals surface area contributed by atoms with E-state index in [0.717, 1.165) is 11.1 Å². The molecule has 7 nitrogen and oxygen atoms in total. The molecule has 1 aliphatic heterocycles. The number of hydrogen-bond acceptors (Lipinski definition) is 4. The Bertz CT molecular complexity index is 1330. The van der Waals surface area contributed by atoms with E-state index < -0.39 is 12.0 Å². The fourth-order valence-electron chi connectivity index (χ4n) is 4.82. The van der Waals surface area contributed by atoms with Gasteiger partial charge in [0, 0.05) is 36.2 Å². The van der Waals surface area contributed by atoms with E-state index in [9.17, 15) is 19.5 Å². The lowest BCUT2D eigenvalue weighted by Gasteiger charge is -2.31. The summed E-state index contributed by atoms with van der Waals surface area (Å²) in [5.41, 5.74) is 3.24. The van der Waals surface area contributed by atoms with Crippen molar-refractivity contribution in [3.63, 3.8) is 0 Å². The van der Waals surface area contributed by atoms with Crippen molar-refractivity contribution < 1.29 is 24.6 Å². The van der Waals surface area contributed by atoms with Gasteiger partial charge in [0.1, 0.15) is 6.04 Å². The number of carbonyl (C=O) groups excluding carboxylic acids is 2. The van der Waals surface area contributed by atoms with E-state index in [1.54, 1.807) is 64.4 Å². The molecule has 3 aromatic carbocycles. The summed E-state index contributed by atoms with van der Waals surface area (Å²) in [6, 6.07) is 18.7. The highest BCUT2D eigenvalue weighted by Gasteiger charge is 2.40. The smallest absolute Gasteiger partial charge is 0.303 e. The van der Waals surface area contributed by atoms with Crippen LogP contribution < -0.4 is 4.90 Å². The number of carbonyl (C=O) groups is 3. The van der Waals surface area contributed by atoms with Gasteiger partial charge in [0.05, 0.1) is 11.3 Å².